The first kappa shape index (κ1) is 18.0. The van der Waals surface area contributed by atoms with Crippen LogP contribution in [0.15, 0.2) is 42.5 Å². The highest BCUT2D eigenvalue weighted by molar-refractivity contribution is 7.80. The molecule has 3 N–H and O–H groups in total. The summed E-state index contributed by atoms with van der Waals surface area (Å²) in [4.78, 5) is 11.8. The number of nitrogens with one attached hydrogen (secondary N) is 3. The number of carbonyl (C=O) groups excluding carboxylic acids is 1. The highest BCUT2D eigenvalue weighted by Crippen LogP contribution is 2.20. The molecule has 0 aromatic heterocycles. The van der Waals surface area contributed by atoms with E-state index < -0.39 is 0 Å². The van der Waals surface area contributed by atoms with E-state index >= 15 is 0 Å². The van der Waals surface area contributed by atoms with E-state index in [2.05, 4.69) is 16.2 Å². The van der Waals surface area contributed by atoms with Gasteiger partial charge in [0.2, 0.25) is 0 Å². The molecule has 0 bridgehead atoms. The Labute approximate surface area is 146 Å². The van der Waals surface area contributed by atoms with Crippen LogP contribution in [0.25, 0.3) is 10.8 Å². The van der Waals surface area contributed by atoms with E-state index in [1.54, 1.807) is 7.11 Å². The summed E-state index contributed by atoms with van der Waals surface area (Å²) in [5.74, 6) is 0.310. The topological polar surface area (TPSA) is 71.6 Å². The highest BCUT2D eigenvalue weighted by atomic mass is 32.1. The van der Waals surface area contributed by atoms with Crippen molar-refractivity contribution in [2.45, 2.75) is 13.0 Å². The van der Waals surface area contributed by atoms with Gasteiger partial charge in [0.15, 0.2) is 11.7 Å². The van der Waals surface area contributed by atoms with Crippen molar-refractivity contribution in [2.24, 2.45) is 0 Å². The van der Waals surface area contributed by atoms with E-state index in [1.807, 2.05) is 49.4 Å². The fourth-order valence-electron chi connectivity index (χ4n) is 2.12. The minimum absolute atomic E-state index is 0.0424. The summed E-state index contributed by atoms with van der Waals surface area (Å²) in [6.07, 6.45) is 0. The monoisotopic (exact) mass is 347 g/mol. The molecule has 0 saturated carbocycles. The van der Waals surface area contributed by atoms with Crippen LogP contribution in [-0.4, -0.2) is 37.4 Å². The van der Waals surface area contributed by atoms with Gasteiger partial charge in [-0.2, -0.15) is 0 Å². The molecule has 0 aliphatic rings. The summed E-state index contributed by atoms with van der Waals surface area (Å²) in [5.41, 5.74) is 5.10. The quantitative estimate of drug-likeness (QED) is 0.546. The molecule has 0 spiro atoms. The molecule has 6 nitrogen and oxygen atoms in total. The molecule has 7 heteroatoms. The Morgan fingerprint density at radius 3 is 2.67 bits per heavy atom. The third-order valence-corrected chi connectivity index (χ3v) is 3.42. The van der Waals surface area contributed by atoms with Gasteiger partial charge in [0, 0.05) is 13.2 Å². The van der Waals surface area contributed by atoms with E-state index in [0.717, 1.165) is 10.8 Å². The van der Waals surface area contributed by atoms with Crippen molar-refractivity contribution in [2.75, 3.05) is 20.3 Å². The van der Waals surface area contributed by atoms with Crippen LogP contribution in [0.2, 0.25) is 0 Å². The van der Waals surface area contributed by atoms with Crippen LogP contribution in [0, 0.1) is 0 Å². The lowest BCUT2D eigenvalue weighted by molar-refractivity contribution is -0.123. The summed E-state index contributed by atoms with van der Waals surface area (Å²) in [7, 11) is 1.61. The summed E-state index contributed by atoms with van der Waals surface area (Å²) in [6, 6.07) is 13.7. The zero-order valence-electron chi connectivity index (χ0n) is 13.7. The fourth-order valence-corrected chi connectivity index (χ4v) is 2.37. The first-order chi connectivity index (χ1) is 11.6. The van der Waals surface area contributed by atoms with Crippen LogP contribution in [-0.2, 0) is 9.53 Å². The van der Waals surface area contributed by atoms with Crippen LogP contribution in [0.4, 0.5) is 0 Å². The molecule has 24 heavy (non-hydrogen) atoms. The molecule has 0 aliphatic carbocycles. The summed E-state index contributed by atoms with van der Waals surface area (Å²) >= 11 is 5.06. The van der Waals surface area contributed by atoms with Crippen molar-refractivity contribution < 1.29 is 14.3 Å². The molecular formula is C17H21N3O3S. The molecule has 0 aliphatic heterocycles. The maximum absolute atomic E-state index is 11.8. The number of fused-ring (bicyclic) bond motifs is 1. The molecule has 0 radical (unpaired) electrons. The average molecular weight is 347 g/mol. The minimum atomic E-state index is -0.327. The van der Waals surface area contributed by atoms with Crippen LogP contribution >= 0.6 is 12.2 Å². The molecule has 1 amide bonds. The zero-order chi connectivity index (χ0) is 17.4. The van der Waals surface area contributed by atoms with Gasteiger partial charge in [0.05, 0.1) is 6.61 Å². The van der Waals surface area contributed by atoms with Gasteiger partial charge in [-0.1, -0.05) is 30.3 Å². The first-order valence-electron chi connectivity index (χ1n) is 7.54. The zero-order valence-corrected chi connectivity index (χ0v) is 14.5. The molecule has 128 valence electrons. The Balaban J connectivity index is 1.75. The van der Waals surface area contributed by atoms with E-state index in [9.17, 15) is 4.79 Å². The third-order valence-electron chi connectivity index (χ3n) is 3.20. The predicted octanol–water partition coefficient (Wildman–Crippen LogP) is 1.75. The number of hydrazine groups is 1. The summed E-state index contributed by atoms with van der Waals surface area (Å²) in [6.45, 7) is 2.32. The van der Waals surface area contributed by atoms with E-state index in [0.29, 0.717) is 17.5 Å². The van der Waals surface area contributed by atoms with Gasteiger partial charge >= 0.3 is 0 Å². The predicted molar refractivity (Wildman–Crippen MR) is 97.8 cm³/mol. The van der Waals surface area contributed by atoms with E-state index in [-0.39, 0.29) is 18.6 Å². The third kappa shape index (κ3) is 5.68. The molecule has 0 heterocycles. The number of thiocarbonyl (C=S) groups is 1. The number of amides is 1. The molecule has 1 atom stereocenters. The lowest BCUT2D eigenvalue weighted by Crippen LogP contribution is -2.50. The van der Waals surface area contributed by atoms with Crippen molar-refractivity contribution in [1.29, 1.82) is 0 Å². The van der Waals surface area contributed by atoms with Crippen LogP contribution in [0.3, 0.4) is 0 Å². The standard InChI is InChI=1S/C17H21N3O3S/c1-12(10-22-2)18-17(24)20-19-16(21)11-23-15-8-7-13-5-3-4-6-14(13)9-15/h3-9,12H,10-11H2,1-2H3,(H,19,21)(H2,18,20,24)/t12-/m0/s1. The second-order valence-corrected chi connectivity index (χ2v) is 5.71. The largest absolute Gasteiger partial charge is 0.484 e. The minimum Gasteiger partial charge on any atom is -0.484 e. The molecule has 0 fully saturated rings. The maximum atomic E-state index is 11.8. The Hall–Kier alpha value is -2.38. The fraction of sp³-hybridized carbons (Fsp3) is 0.294. The molecule has 2 aromatic carbocycles. The number of methoxy groups -OCH3 is 1. The van der Waals surface area contributed by atoms with Gasteiger partial charge in [-0.15, -0.1) is 0 Å². The van der Waals surface area contributed by atoms with Crippen LogP contribution in [0.1, 0.15) is 6.92 Å². The summed E-state index contributed by atoms with van der Waals surface area (Å²) < 4.78 is 10.5. The normalized spacial score (nSPS) is 11.6. The second-order valence-electron chi connectivity index (χ2n) is 5.30. The lowest BCUT2D eigenvalue weighted by atomic mass is 10.1. The number of rotatable bonds is 6. The molecule has 0 saturated heterocycles. The Morgan fingerprint density at radius 2 is 1.92 bits per heavy atom. The van der Waals surface area contributed by atoms with Crippen molar-refractivity contribution in [1.82, 2.24) is 16.2 Å². The Bertz CT molecular complexity index is 708. The number of ether oxygens (including phenoxy) is 2. The number of benzene rings is 2. The number of carbonyl (C=O) groups is 1. The van der Waals surface area contributed by atoms with Crippen molar-refractivity contribution in [3.05, 3.63) is 42.5 Å². The van der Waals surface area contributed by atoms with Gasteiger partial charge in [-0.05, 0) is 42.0 Å². The lowest BCUT2D eigenvalue weighted by Gasteiger charge is -2.16. The van der Waals surface area contributed by atoms with Crippen molar-refractivity contribution >= 4 is 34.0 Å². The smallest absolute Gasteiger partial charge is 0.276 e. The van der Waals surface area contributed by atoms with Crippen LogP contribution in [0.5, 0.6) is 5.75 Å². The van der Waals surface area contributed by atoms with Gasteiger partial charge in [-0.3, -0.25) is 15.6 Å². The van der Waals surface area contributed by atoms with Crippen molar-refractivity contribution in [3.8, 4) is 5.75 Å². The Kier molecular flexibility index (Phi) is 6.77. The molecule has 0 unspecified atom stereocenters. The Morgan fingerprint density at radius 1 is 1.17 bits per heavy atom. The first-order valence-corrected chi connectivity index (χ1v) is 7.95. The summed E-state index contributed by atoms with van der Waals surface area (Å²) in [5, 5.41) is 5.47. The highest BCUT2D eigenvalue weighted by Gasteiger charge is 2.06. The van der Waals surface area contributed by atoms with E-state index in [1.165, 1.54) is 0 Å². The second kappa shape index (κ2) is 9.05. The van der Waals surface area contributed by atoms with Crippen molar-refractivity contribution in [3.63, 3.8) is 0 Å². The average Bonchev–Trinajstić information content (AvgIpc) is 2.58. The van der Waals surface area contributed by atoms with Gasteiger partial charge in [-0.25, -0.2) is 0 Å². The molecular weight excluding hydrogens is 326 g/mol. The van der Waals surface area contributed by atoms with Crippen LogP contribution < -0.4 is 20.9 Å². The molecule has 2 rings (SSSR count). The molecule has 2 aromatic rings. The number of hydrogen-bond donors (Lipinski definition) is 3. The maximum Gasteiger partial charge on any atom is 0.276 e. The SMILES string of the molecule is COC[C@H](C)NC(=S)NNC(=O)COc1ccc2ccccc2c1. The van der Waals surface area contributed by atoms with Gasteiger partial charge in [0.25, 0.3) is 5.91 Å². The van der Waals surface area contributed by atoms with Gasteiger partial charge in [0.1, 0.15) is 5.75 Å². The number of hydrogen-bond acceptors (Lipinski definition) is 4. The van der Waals surface area contributed by atoms with Gasteiger partial charge < -0.3 is 14.8 Å². The van der Waals surface area contributed by atoms with E-state index in [4.69, 9.17) is 21.7 Å².